The van der Waals surface area contributed by atoms with Crippen molar-refractivity contribution in [1.82, 2.24) is 20.9 Å². The fourth-order valence-electron chi connectivity index (χ4n) is 3.90. The molecule has 0 unspecified atom stereocenters. The lowest BCUT2D eigenvalue weighted by molar-refractivity contribution is 0.0896. The summed E-state index contributed by atoms with van der Waals surface area (Å²) >= 11 is 0. The van der Waals surface area contributed by atoms with E-state index in [2.05, 4.69) is 20.9 Å². The minimum atomic E-state index is -0.307. The third-order valence-corrected chi connectivity index (χ3v) is 5.91. The van der Waals surface area contributed by atoms with Gasteiger partial charge in [0.25, 0.3) is 11.8 Å². The average Bonchev–Trinajstić information content (AvgIpc) is 3.30. The number of hydrogen-bond donors (Lipinski definition) is 4. The number of amides is 2. The van der Waals surface area contributed by atoms with Crippen LogP contribution in [-0.2, 0) is 6.42 Å². The summed E-state index contributed by atoms with van der Waals surface area (Å²) in [4.78, 5) is 42.0. The van der Waals surface area contributed by atoms with Crippen LogP contribution < -0.4 is 16.0 Å². The number of rotatable bonds is 7. The molecule has 0 radical (unpaired) electrons. The van der Waals surface area contributed by atoms with Crippen LogP contribution in [0.2, 0.25) is 0 Å². The van der Waals surface area contributed by atoms with Gasteiger partial charge in [0.1, 0.15) is 5.75 Å². The second-order valence-corrected chi connectivity index (χ2v) is 8.17. The molecule has 4 rings (SSSR count). The highest BCUT2D eigenvalue weighted by Crippen LogP contribution is 2.22. The summed E-state index contributed by atoms with van der Waals surface area (Å²) in [6.07, 6.45) is 3.86. The fraction of sp³-hybridized carbons (Fsp3) is 0.231. The number of hydrogen-bond acceptors (Lipinski definition) is 6. The van der Waals surface area contributed by atoms with Crippen LogP contribution >= 0.6 is 0 Å². The highest BCUT2D eigenvalue weighted by molar-refractivity contribution is 6.11. The number of benzene rings is 2. The van der Waals surface area contributed by atoms with Gasteiger partial charge in [-0.15, -0.1) is 0 Å². The van der Waals surface area contributed by atoms with Crippen molar-refractivity contribution in [3.05, 3.63) is 94.8 Å². The molecule has 2 heterocycles. The van der Waals surface area contributed by atoms with Crippen molar-refractivity contribution in [2.24, 2.45) is 0 Å². The van der Waals surface area contributed by atoms with E-state index in [1.807, 2.05) is 6.92 Å². The lowest BCUT2D eigenvalue weighted by Gasteiger charge is -2.21. The van der Waals surface area contributed by atoms with Crippen molar-refractivity contribution in [3.63, 3.8) is 0 Å². The van der Waals surface area contributed by atoms with E-state index in [9.17, 15) is 19.5 Å². The number of carbonyl (C=O) groups is 3. The van der Waals surface area contributed by atoms with Gasteiger partial charge in [-0.05, 0) is 48.4 Å². The number of carbonyl (C=O) groups excluding carboxylic acids is 3. The molecule has 0 aliphatic carbocycles. The molecule has 8 nitrogen and oxygen atoms in total. The number of nitrogens with one attached hydrogen (secondary N) is 3. The highest BCUT2D eigenvalue weighted by Gasteiger charge is 2.30. The Balaban J connectivity index is 1.40. The van der Waals surface area contributed by atoms with Gasteiger partial charge >= 0.3 is 0 Å². The molecule has 1 aliphatic rings. The second kappa shape index (κ2) is 10.3. The Hall–Kier alpha value is -4.04. The molecule has 0 bridgehead atoms. The molecule has 1 saturated heterocycles. The number of aromatic hydroxyl groups is 1. The Morgan fingerprint density at radius 1 is 0.882 bits per heavy atom. The Kier molecular flexibility index (Phi) is 6.98. The average molecular weight is 459 g/mol. The molecule has 0 spiro atoms. The van der Waals surface area contributed by atoms with Gasteiger partial charge in [0.2, 0.25) is 0 Å². The van der Waals surface area contributed by atoms with Crippen LogP contribution in [0.5, 0.6) is 5.75 Å². The summed E-state index contributed by atoms with van der Waals surface area (Å²) in [5.41, 5.74) is 2.47. The Labute approximate surface area is 197 Å². The first kappa shape index (κ1) is 23.1. The van der Waals surface area contributed by atoms with Crippen LogP contribution in [-0.4, -0.2) is 52.9 Å². The van der Waals surface area contributed by atoms with E-state index in [4.69, 9.17) is 0 Å². The Bertz CT molecular complexity index is 1200. The van der Waals surface area contributed by atoms with Crippen molar-refractivity contribution < 1.29 is 19.5 Å². The molecule has 2 amide bonds. The van der Waals surface area contributed by atoms with Gasteiger partial charge in [0.15, 0.2) is 5.78 Å². The molecule has 174 valence electrons. The van der Waals surface area contributed by atoms with Gasteiger partial charge in [0, 0.05) is 42.2 Å². The minimum Gasteiger partial charge on any atom is -0.507 e. The Morgan fingerprint density at radius 2 is 1.44 bits per heavy atom. The zero-order chi connectivity index (χ0) is 24.1. The van der Waals surface area contributed by atoms with Crippen molar-refractivity contribution in [1.29, 1.82) is 0 Å². The van der Waals surface area contributed by atoms with E-state index < -0.39 is 0 Å². The molecule has 1 fully saturated rings. The smallest absolute Gasteiger partial charge is 0.251 e. The van der Waals surface area contributed by atoms with Crippen molar-refractivity contribution in [2.75, 3.05) is 13.1 Å². The predicted octanol–water partition coefficient (Wildman–Crippen LogP) is 2.08. The van der Waals surface area contributed by atoms with Gasteiger partial charge in [-0.2, -0.15) is 0 Å². The summed E-state index contributed by atoms with van der Waals surface area (Å²) in [6, 6.07) is 14.0. The molecule has 3 aromatic rings. The largest absolute Gasteiger partial charge is 0.507 e. The summed E-state index contributed by atoms with van der Waals surface area (Å²) in [6.45, 7) is 3.04. The lowest BCUT2D eigenvalue weighted by Crippen LogP contribution is -2.51. The second-order valence-electron chi connectivity index (χ2n) is 8.17. The summed E-state index contributed by atoms with van der Waals surface area (Å²) in [7, 11) is 0. The SMILES string of the molecule is CCc1ccc(O)c(C(=O)c2ccc(C(=O)N[C@@H]3CNC[C@H]3NC(=O)c3ccncc3)cc2)c1. The maximum absolute atomic E-state index is 12.8. The molecule has 8 heteroatoms. The quantitative estimate of drug-likeness (QED) is 0.403. The van der Waals surface area contributed by atoms with Gasteiger partial charge in [-0.25, -0.2) is 0 Å². The molecule has 2 atom stereocenters. The first-order valence-electron chi connectivity index (χ1n) is 11.2. The van der Waals surface area contributed by atoms with E-state index in [1.54, 1.807) is 60.9 Å². The lowest BCUT2D eigenvalue weighted by atomic mass is 9.98. The first-order chi connectivity index (χ1) is 16.5. The van der Waals surface area contributed by atoms with Gasteiger partial charge in [-0.1, -0.05) is 25.1 Å². The number of phenols is 1. The van der Waals surface area contributed by atoms with E-state index in [-0.39, 0.29) is 41.0 Å². The number of pyridine rings is 1. The first-order valence-corrected chi connectivity index (χ1v) is 11.2. The third kappa shape index (κ3) is 5.13. The number of nitrogens with zero attached hydrogens (tertiary/aromatic N) is 1. The molecular formula is C26H26N4O4. The zero-order valence-electron chi connectivity index (χ0n) is 18.7. The molecule has 0 saturated carbocycles. The summed E-state index contributed by atoms with van der Waals surface area (Å²) in [5, 5.41) is 19.2. The Morgan fingerprint density at radius 3 is 2.03 bits per heavy atom. The summed E-state index contributed by atoms with van der Waals surface area (Å²) < 4.78 is 0. The highest BCUT2D eigenvalue weighted by atomic mass is 16.3. The van der Waals surface area contributed by atoms with E-state index in [1.165, 1.54) is 6.07 Å². The van der Waals surface area contributed by atoms with Gasteiger partial charge < -0.3 is 21.1 Å². The maximum atomic E-state index is 12.8. The topological polar surface area (TPSA) is 120 Å². The maximum Gasteiger partial charge on any atom is 0.251 e. The third-order valence-electron chi connectivity index (χ3n) is 5.91. The van der Waals surface area contributed by atoms with Crippen LogP contribution in [0.4, 0.5) is 0 Å². The number of aryl methyl sites for hydroxylation is 1. The molecular weight excluding hydrogens is 432 g/mol. The minimum absolute atomic E-state index is 0.0717. The monoisotopic (exact) mass is 458 g/mol. The summed E-state index contributed by atoms with van der Waals surface area (Å²) in [5.74, 6) is -0.906. The van der Waals surface area contributed by atoms with Gasteiger partial charge in [0.05, 0.1) is 17.6 Å². The molecule has 1 aliphatic heterocycles. The van der Waals surface area contributed by atoms with Crippen molar-refractivity contribution >= 4 is 17.6 Å². The predicted molar refractivity (Wildman–Crippen MR) is 127 cm³/mol. The van der Waals surface area contributed by atoms with E-state index in [0.29, 0.717) is 29.8 Å². The number of phenolic OH excluding ortho intramolecular Hbond substituents is 1. The molecule has 1 aromatic heterocycles. The van der Waals surface area contributed by atoms with Crippen molar-refractivity contribution in [2.45, 2.75) is 25.4 Å². The van der Waals surface area contributed by atoms with Crippen LogP contribution in [0.25, 0.3) is 0 Å². The fourth-order valence-corrected chi connectivity index (χ4v) is 3.90. The van der Waals surface area contributed by atoms with E-state index >= 15 is 0 Å². The molecule has 2 aromatic carbocycles. The van der Waals surface area contributed by atoms with Crippen LogP contribution in [0.3, 0.4) is 0 Å². The number of ketones is 1. The number of aromatic nitrogens is 1. The normalized spacial score (nSPS) is 17.2. The molecule has 4 N–H and O–H groups in total. The van der Waals surface area contributed by atoms with Crippen LogP contribution in [0.1, 0.15) is 49.1 Å². The van der Waals surface area contributed by atoms with Crippen LogP contribution in [0.15, 0.2) is 67.0 Å². The van der Waals surface area contributed by atoms with Crippen molar-refractivity contribution in [3.8, 4) is 5.75 Å². The van der Waals surface area contributed by atoms with E-state index in [0.717, 1.165) is 12.0 Å². The standard InChI is InChI=1S/C26H26N4O4/c1-2-16-3-8-23(31)20(13-16)24(32)17-4-6-18(7-5-17)25(33)29-21-14-28-15-22(21)30-26(34)19-9-11-27-12-10-19/h3-13,21-22,28,31H,2,14-15H2,1H3,(H,29,33)(H,30,34)/t21-,22-/m1/s1. The zero-order valence-corrected chi connectivity index (χ0v) is 18.7. The van der Waals surface area contributed by atoms with Crippen LogP contribution in [0, 0.1) is 0 Å². The van der Waals surface area contributed by atoms with Gasteiger partial charge in [-0.3, -0.25) is 19.4 Å². The molecule has 34 heavy (non-hydrogen) atoms.